The number of nitrogens with one attached hydrogen (secondary N) is 1. The lowest BCUT2D eigenvalue weighted by Gasteiger charge is -2.53. The van der Waals surface area contributed by atoms with E-state index in [0.717, 1.165) is 19.4 Å². The average Bonchev–Trinajstić information content (AvgIpc) is 2.93. The van der Waals surface area contributed by atoms with E-state index in [1.54, 1.807) is 0 Å². The molecule has 3 saturated carbocycles. The van der Waals surface area contributed by atoms with Gasteiger partial charge in [0.15, 0.2) is 0 Å². The van der Waals surface area contributed by atoms with E-state index in [9.17, 15) is 10.2 Å². The molecular weight excluding hydrogens is 257 g/mol. The number of aliphatic hydroxyl groups is 2. The summed E-state index contributed by atoms with van der Waals surface area (Å²) >= 11 is 0. The van der Waals surface area contributed by atoms with Gasteiger partial charge in [0.25, 0.3) is 0 Å². The summed E-state index contributed by atoms with van der Waals surface area (Å²) in [6, 6.07) is 0.406. The highest BCUT2D eigenvalue weighted by Crippen LogP contribution is 2.74. The van der Waals surface area contributed by atoms with Gasteiger partial charge < -0.3 is 15.5 Å². The van der Waals surface area contributed by atoms with Crippen LogP contribution in [0.2, 0.25) is 0 Å². The lowest BCUT2D eigenvalue weighted by atomic mass is 9.59. The predicted molar refractivity (Wildman–Crippen MR) is 77.9 cm³/mol. The van der Waals surface area contributed by atoms with Crippen LogP contribution in [0.4, 0.5) is 0 Å². The fourth-order valence-corrected chi connectivity index (χ4v) is 7.67. The monoisotopic (exact) mass is 283 g/mol. The molecule has 1 aliphatic heterocycles. The summed E-state index contributed by atoms with van der Waals surface area (Å²) in [6.45, 7) is 3.38. The van der Waals surface area contributed by atoms with Crippen molar-refractivity contribution in [3.8, 4) is 0 Å². The van der Waals surface area contributed by atoms with Crippen LogP contribution < -0.4 is 5.32 Å². The van der Waals surface area contributed by atoms with E-state index in [0.29, 0.717) is 23.5 Å². The molecule has 4 heteroatoms. The molecule has 0 aromatic rings. The Morgan fingerprint density at radius 1 is 1.26 bits per heavy atom. The van der Waals surface area contributed by atoms with Crippen molar-refractivity contribution >= 4 is 9.24 Å². The molecule has 9 atom stereocenters. The van der Waals surface area contributed by atoms with Gasteiger partial charge in [0.05, 0.1) is 12.2 Å². The maximum Gasteiger partial charge on any atom is 0.0884 e. The summed E-state index contributed by atoms with van der Waals surface area (Å²) in [4.78, 5) is 0. The highest BCUT2D eigenvalue weighted by atomic mass is 31.0. The normalized spacial score (nSPS) is 63.8. The van der Waals surface area contributed by atoms with Gasteiger partial charge in [0, 0.05) is 11.5 Å². The van der Waals surface area contributed by atoms with E-state index in [4.69, 9.17) is 0 Å². The Morgan fingerprint density at radius 3 is 2.84 bits per heavy atom. The molecule has 0 bridgehead atoms. The van der Waals surface area contributed by atoms with Gasteiger partial charge >= 0.3 is 0 Å². The van der Waals surface area contributed by atoms with Crippen molar-refractivity contribution in [3.05, 3.63) is 0 Å². The molecule has 0 aromatic carbocycles. The van der Waals surface area contributed by atoms with Crippen LogP contribution in [-0.4, -0.2) is 40.7 Å². The van der Waals surface area contributed by atoms with E-state index in [1.165, 1.54) is 19.3 Å². The van der Waals surface area contributed by atoms with Crippen LogP contribution in [0.3, 0.4) is 0 Å². The molecule has 4 aliphatic rings. The molecule has 0 aromatic heterocycles. The lowest BCUT2D eigenvalue weighted by Crippen LogP contribution is -2.62. The van der Waals surface area contributed by atoms with Gasteiger partial charge in [-0.25, -0.2) is 0 Å². The molecule has 0 radical (unpaired) electrons. The molecule has 2 spiro atoms. The quantitative estimate of drug-likeness (QED) is 0.584. The zero-order valence-corrected chi connectivity index (χ0v) is 12.8. The van der Waals surface area contributed by atoms with E-state index in [1.807, 2.05) is 0 Å². The Morgan fingerprint density at radius 2 is 2.05 bits per heavy atom. The van der Waals surface area contributed by atoms with Gasteiger partial charge in [-0.15, -0.1) is 9.24 Å². The smallest absolute Gasteiger partial charge is 0.0884 e. The Bertz CT molecular complexity index is 406. The minimum absolute atomic E-state index is 0.0925. The van der Waals surface area contributed by atoms with E-state index < -0.39 is 12.2 Å². The number of aliphatic hydroxyl groups excluding tert-OH is 2. The number of piperidine rings is 1. The fourth-order valence-electron chi connectivity index (χ4n) is 6.74. The third-order valence-electron chi connectivity index (χ3n) is 7.08. The molecule has 19 heavy (non-hydrogen) atoms. The minimum atomic E-state index is -0.534. The summed E-state index contributed by atoms with van der Waals surface area (Å²) in [6.07, 6.45) is 4.74. The highest BCUT2D eigenvalue weighted by Gasteiger charge is 2.77. The van der Waals surface area contributed by atoms with Crippen molar-refractivity contribution in [3.63, 3.8) is 0 Å². The second-order valence-electron chi connectivity index (χ2n) is 7.62. The lowest BCUT2D eigenvalue weighted by molar-refractivity contribution is -0.0695. The van der Waals surface area contributed by atoms with Crippen molar-refractivity contribution in [1.82, 2.24) is 5.32 Å². The van der Waals surface area contributed by atoms with Crippen molar-refractivity contribution in [2.75, 3.05) is 6.54 Å². The van der Waals surface area contributed by atoms with Gasteiger partial charge in [0.1, 0.15) is 0 Å². The van der Waals surface area contributed by atoms with Crippen molar-refractivity contribution in [2.45, 2.75) is 62.9 Å². The largest absolute Gasteiger partial charge is 0.390 e. The predicted octanol–water partition coefficient (Wildman–Crippen LogP) is 1.14. The molecule has 1 heterocycles. The van der Waals surface area contributed by atoms with Gasteiger partial charge in [-0.1, -0.05) is 6.92 Å². The van der Waals surface area contributed by atoms with Crippen LogP contribution in [0.1, 0.15) is 39.0 Å². The first-order chi connectivity index (χ1) is 9.04. The molecule has 3 aliphatic carbocycles. The molecular formula is C15H26NO2P. The first-order valence-corrected chi connectivity index (χ1v) is 8.56. The van der Waals surface area contributed by atoms with Gasteiger partial charge in [-0.2, -0.15) is 0 Å². The van der Waals surface area contributed by atoms with Gasteiger partial charge in [0.2, 0.25) is 0 Å². The molecule has 4 fully saturated rings. The molecule has 3 N–H and O–H groups in total. The number of hydrogen-bond donors (Lipinski definition) is 3. The topological polar surface area (TPSA) is 52.5 Å². The summed E-state index contributed by atoms with van der Waals surface area (Å²) in [5.74, 6) is 1.02. The molecule has 1 unspecified atom stereocenters. The zero-order chi connectivity index (χ0) is 13.4. The summed E-state index contributed by atoms with van der Waals surface area (Å²) in [5.41, 5.74) is 0.543. The van der Waals surface area contributed by atoms with Gasteiger partial charge in [-0.05, 0) is 61.6 Å². The number of rotatable bonds is 0. The SMILES string of the molecule is C[C@H]1C[C@H]2[C@@H](O)[C@@H](O)[C@]34[C@H](CC[C@]23C1)NCC[C@@H]4P. The van der Waals surface area contributed by atoms with E-state index in [2.05, 4.69) is 21.5 Å². The van der Waals surface area contributed by atoms with Crippen LogP contribution in [0, 0.1) is 22.7 Å². The minimum Gasteiger partial charge on any atom is -0.390 e. The first kappa shape index (κ1) is 13.0. The second kappa shape index (κ2) is 3.94. The van der Waals surface area contributed by atoms with Crippen molar-refractivity contribution in [1.29, 1.82) is 0 Å². The fraction of sp³-hybridized carbons (Fsp3) is 1.00. The molecule has 1 saturated heterocycles. The second-order valence-corrected chi connectivity index (χ2v) is 8.42. The van der Waals surface area contributed by atoms with Crippen LogP contribution in [0.15, 0.2) is 0 Å². The first-order valence-electron chi connectivity index (χ1n) is 7.89. The van der Waals surface area contributed by atoms with E-state index >= 15 is 0 Å². The molecule has 0 amide bonds. The number of hydrogen-bond acceptors (Lipinski definition) is 3. The Hall–Kier alpha value is 0.310. The highest BCUT2D eigenvalue weighted by molar-refractivity contribution is 7.17. The Labute approximate surface area is 117 Å². The summed E-state index contributed by atoms with van der Waals surface area (Å²) in [7, 11) is 3.02. The maximum absolute atomic E-state index is 10.9. The average molecular weight is 283 g/mol. The van der Waals surface area contributed by atoms with E-state index in [-0.39, 0.29) is 10.8 Å². The van der Waals surface area contributed by atoms with Gasteiger partial charge in [-0.3, -0.25) is 0 Å². The third-order valence-corrected chi connectivity index (χ3v) is 7.97. The third kappa shape index (κ3) is 1.25. The van der Waals surface area contributed by atoms with Crippen LogP contribution >= 0.6 is 9.24 Å². The Kier molecular flexibility index (Phi) is 2.70. The van der Waals surface area contributed by atoms with Crippen LogP contribution in [0.25, 0.3) is 0 Å². The summed E-state index contributed by atoms with van der Waals surface area (Å²) < 4.78 is 0. The molecule has 4 rings (SSSR count). The standard InChI is InChI=1S/C15H26NO2P/c1-8-6-9-12(17)13(18)15-10(16-5-3-11(15)19)2-4-14(9,15)7-8/h8-13,16-18H,2-7,19H2,1H3/t8-,9-,10-,11-,12+,13+,14-,15+/m0/s1. The maximum atomic E-state index is 10.9. The Balaban J connectivity index is 1.88. The molecule has 3 nitrogen and oxygen atoms in total. The van der Waals surface area contributed by atoms with Crippen molar-refractivity contribution < 1.29 is 10.2 Å². The summed E-state index contributed by atoms with van der Waals surface area (Å²) in [5, 5.41) is 25.2. The zero-order valence-electron chi connectivity index (χ0n) is 11.7. The molecule has 108 valence electrons. The van der Waals surface area contributed by atoms with Crippen LogP contribution in [-0.2, 0) is 0 Å². The van der Waals surface area contributed by atoms with Crippen molar-refractivity contribution in [2.24, 2.45) is 22.7 Å². The van der Waals surface area contributed by atoms with Crippen LogP contribution in [0.5, 0.6) is 0 Å².